The Labute approximate surface area is 177 Å². The molecule has 0 aromatic heterocycles. The fourth-order valence-corrected chi connectivity index (χ4v) is 9.17. The van der Waals surface area contributed by atoms with Crippen LogP contribution in [0.25, 0.3) is 0 Å². The molecule has 0 amide bonds. The molecule has 5 unspecified atom stereocenters. The van der Waals surface area contributed by atoms with Crippen molar-refractivity contribution in [1.29, 1.82) is 0 Å². The number of hydrogen-bond acceptors (Lipinski definition) is 10. The summed E-state index contributed by atoms with van der Waals surface area (Å²) in [5.41, 5.74) is 0. The zero-order valence-corrected chi connectivity index (χ0v) is 19.0. The van der Waals surface area contributed by atoms with Crippen LogP contribution in [0.3, 0.4) is 0 Å². The number of rotatable bonds is 15. The first-order chi connectivity index (χ1) is 13.9. The number of hydrogen-bond donors (Lipinski definition) is 5. The number of carboxylic acids is 5. The van der Waals surface area contributed by atoms with E-state index in [1.165, 1.54) is 0 Å². The van der Waals surface area contributed by atoms with Gasteiger partial charge in [-0.1, -0.05) is 0 Å². The Morgan fingerprint density at radius 3 is 0.677 bits per heavy atom. The minimum absolute atomic E-state index is 0.870. The maximum atomic E-state index is 11.4. The third-order valence-corrected chi connectivity index (χ3v) is 10.3. The molecule has 0 spiro atoms. The molecular formula is C15H25AsO15. The van der Waals surface area contributed by atoms with Crippen LogP contribution in [0, 0.1) is 0 Å². The topological polar surface area (TPSA) is 233 Å². The van der Waals surface area contributed by atoms with Gasteiger partial charge in [-0.3, -0.25) is 0 Å². The van der Waals surface area contributed by atoms with Gasteiger partial charge in [0.2, 0.25) is 0 Å². The zero-order valence-electron chi connectivity index (χ0n) is 17.2. The Kier molecular flexibility index (Phi) is 10.0. The molecule has 16 heteroatoms. The van der Waals surface area contributed by atoms with Gasteiger partial charge in [-0.15, -0.1) is 0 Å². The van der Waals surface area contributed by atoms with E-state index in [0.717, 1.165) is 34.6 Å². The van der Waals surface area contributed by atoms with Crippen molar-refractivity contribution in [3.05, 3.63) is 0 Å². The van der Waals surface area contributed by atoms with E-state index in [1.807, 2.05) is 0 Å². The van der Waals surface area contributed by atoms with Crippen molar-refractivity contribution < 1.29 is 68.1 Å². The fourth-order valence-electron chi connectivity index (χ4n) is 1.76. The molecule has 15 nitrogen and oxygen atoms in total. The molecule has 0 fully saturated rings. The van der Waals surface area contributed by atoms with Gasteiger partial charge in [0.15, 0.2) is 0 Å². The summed E-state index contributed by atoms with van der Waals surface area (Å²) in [6.45, 7) is 4.35. The predicted octanol–water partition coefficient (Wildman–Crippen LogP) is -0.679. The van der Waals surface area contributed by atoms with Gasteiger partial charge in [0, 0.05) is 0 Å². The molecule has 0 aromatic carbocycles. The fraction of sp³-hybridized carbons (Fsp3) is 0.667. The van der Waals surface area contributed by atoms with Gasteiger partial charge in [0.1, 0.15) is 0 Å². The van der Waals surface area contributed by atoms with Gasteiger partial charge >= 0.3 is 177 Å². The van der Waals surface area contributed by atoms with Crippen LogP contribution in [0.2, 0.25) is 0 Å². The van der Waals surface area contributed by atoms with Crippen LogP contribution in [0.1, 0.15) is 34.6 Å². The third kappa shape index (κ3) is 8.05. The normalized spacial score (nSPS) is 17.9. The van der Waals surface area contributed by atoms with E-state index in [2.05, 4.69) is 0 Å². The third-order valence-electron chi connectivity index (χ3n) is 3.39. The summed E-state index contributed by atoms with van der Waals surface area (Å²) in [5, 5.41) is 46.2. The Morgan fingerprint density at radius 1 is 0.452 bits per heavy atom. The van der Waals surface area contributed by atoms with Crippen LogP contribution >= 0.6 is 0 Å². The first-order valence-corrected chi connectivity index (χ1v) is 12.4. The summed E-state index contributed by atoms with van der Waals surface area (Å²) >= 11 is -7.14. The van der Waals surface area contributed by atoms with E-state index in [9.17, 15) is 49.5 Å². The second-order valence-electron chi connectivity index (χ2n) is 6.17. The molecule has 0 bridgehead atoms. The molecule has 0 aromatic rings. The van der Waals surface area contributed by atoms with Crippen LogP contribution in [0.15, 0.2) is 0 Å². The zero-order chi connectivity index (χ0) is 24.8. The molecule has 5 N–H and O–H groups in total. The van der Waals surface area contributed by atoms with Crippen molar-refractivity contribution in [2.45, 2.75) is 65.1 Å². The molecule has 0 aliphatic rings. The van der Waals surface area contributed by atoms with Gasteiger partial charge in [0.25, 0.3) is 0 Å². The van der Waals surface area contributed by atoms with Crippen molar-refractivity contribution in [3.63, 3.8) is 0 Å². The number of carboxylic acid groups (broad SMARTS) is 5. The van der Waals surface area contributed by atoms with Crippen LogP contribution < -0.4 is 0 Å². The molecule has 0 radical (unpaired) electrons. The van der Waals surface area contributed by atoms with Gasteiger partial charge in [-0.2, -0.15) is 0 Å². The van der Waals surface area contributed by atoms with Crippen LogP contribution in [0.5, 0.6) is 0 Å². The molecule has 0 saturated heterocycles. The summed E-state index contributed by atoms with van der Waals surface area (Å²) in [7, 11) is 0. The SMILES string of the molecule is CC(O[As](OC(C)C(=O)O)(OC(C)C(=O)O)(OC(C)C(=O)O)OC(C)C(=O)O)C(=O)O. The summed E-state index contributed by atoms with van der Waals surface area (Å²) in [4.78, 5) is 57.1. The molecule has 0 rings (SSSR count). The Hall–Kier alpha value is -2.29. The first kappa shape index (κ1) is 28.7. The molecule has 0 saturated carbocycles. The van der Waals surface area contributed by atoms with Crippen molar-refractivity contribution in [1.82, 2.24) is 0 Å². The summed E-state index contributed by atoms with van der Waals surface area (Å²) < 4.78 is 26.0. The number of carbonyl (C=O) groups is 5. The van der Waals surface area contributed by atoms with Crippen LogP contribution in [-0.4, -0.2) is 100 Å². The maximum absolute atomic E-state index is 11.4. The molecular weight excluding hydrogens is 495 g/mol. The molecule has 31 heavy (non-hydrogen) atoms. The molecule has 0 aliphatic carbocycles. The number of aliphatic carboxylic acids is 5. The van der Waals surface area contributed by atoms with E-state index in [1.54, 1.807) is 0 Å². The van der Waals surface area contributed by atoms with Crippen LogP contribution in [-0.2, 0) is 42.6 Å². The monoisotopic (exact) mass is 520 g/mol. The first-order valence-electron chi connectivity index (χ1n) is 8.56. The standard InChI is InChI=1S/C15H25AsO15/c1-6(11(17)18)27-16(28-7(2)12(19)20,29-8(3)13(21)22,30-9(4)14(23)24)31-10(5)15(25)26/h6-10H,1-5H3,(H,17,18)(H,19,20)(H,21,22)(H,23,24)(H,25,26). The minimum atomic E-state index is -7.14. The average molecular weight is 520 g/mol. The van der Waals surface area contributed by atoms with E-state index in [-0.39, 0.29) is 0 Å². The van der Waals surface area contributed by atoms with E-state index in [0.29, 0.717) is 0 Å². The van der Waals surface area contributed by atoms with Crippen molar-refractivity contribution in [2.24, 2.45) is 0 Å². The summed E-state index contributed by atoms with van der Waals surface area (Å²) in [5.74, 6) is -8.60. The molecule has 0 aliphatic heterocycles. The van der Waals surface area contributed by atoms with E-state index < -0.39 is 74.5 Å². The average Bonchev–Trinajstić information content (AvgIpc) is 2.60. The van der Waals surface area contributed by atoms with Gasteiger partial charge < -0.3 is 0 Å². The molecule has 180 valence electrons. The molecule has 5 atom stereocenters. The van der Waals surface area contributed by atoms with Crippen LogP contribution in [0.4, 0.5) is 0 Å². The summed E-state index contributed by atoms with van der Waals surface area (Å²) in [6, 6.07) is 0. The van der Waals surface area contributed by atoms with Gasteiger partial charge in [-0.05, 0) is 0 Å². The Balaban J connectivity index is 7.10. The Morgan fingerprint density at radius 2 is 0.581 bits per heavy atom. The molecule has 0 heterocycles. The van der Waals surface area contributed by atoms with E-state index >= 15 is 0 Å². The van der Waals surface area contributed by atoms with E-state index in [4.69, 9.17) is 18.6 Å². The quantitative estimate of drug-likeness (QED) is 0.168. The van der Waals surface area contributed by atoms with Crippen molar-refractivity contribution >= 4 is 44.0 Å². The second-order valence-corrected chi connectivity index (χ2v) is 11.5. The summed E-state index contributed by atoms with van der Waals surface area (Å²) in [6.07, 6.45) is -10.0. The van der Waals surface area contributed by atoms with Crippen molar-refractivity contribution in [3.8, 4) is 0 Å². The van der Waals surface area contributed by atoms with Gasteiger partial charge in [-0.25, -0.2) is 0 Å². The second kappa shape index (κ2) is 10.8. The van der Waals surface area contributed by atoms with Gasteiger partial charge in [0.05, 0.1) is 0 Å². The van der Waals surface area contributed by atoms with Crippen molar-refractivity contribution in [2.75, 3.05) is 0 Å². The predicted molar refractivity (Wildman–Crippen MR) is 96.7 cm³/mol. The Bertz CT molecular complexity index is 576.